The van der Waals surface area contributed by atoms with Crippen molar-refractivity contribution >= 4 is 50.4 Å². The number of allylic oxidation sites excluding steroid dienone is 2. The summed E-state index contributed by atoms with van der Waals surface area (Å²) in [5.41, 5.74) is 3.23. The molecule has 4 rings (SSSR count). The number of ether oxygens (including phenoxy) is 2. The van der Waals surface area contributed by atoms with E-state index in [0.717, 1.165) is 11.8 Å². The molecule has 0 spiro atoms. The number of carboxylic acids is 1. The number of carbonyl (C=O) groups is 1. The molecule has 45 heavy (non-hydrogen) atoms. The van der Waals surface area contributed by atoms with Crippen LogP contribution in [0.5, 0.6) is 11.5 Å². The molecule has 0 amide bonds. The second kappa shape index (κ2) is 14.7. The molecule has 1 aliphatic carbocycles. The van der Waals surface area contributed by atoms with Crippen molar-refractivity contribution in [2.24, 2.45) is 5.16 Å². The van der Waals surface area contributed by atoms with Gasteiger partial charge in [-0.15, -0.1) is 0 Å². The lowest BCUT2D eigenvalue weighted by molar-refractivity contribution is -0.140. The highest BCUT2D eigenvalue weighted by molar-refractivity contribution is 7.90. The molecule has 0 aliphatic heterocycles. The number of carboxylic acid groups (broad SMARTS) is 1. The van der Waals surface area contributed by atoms with Crippen LogP contribution in [-0.2, 0) is 27.8 Å². The van der Waals surface area contributed by atoms with Crippen LogP contribution in [0.15, 0.2) is 88.4 Å². The molecule has 3 aromatic carbocycles. The number of aliphatic carboxylic acids is 1. The summed E-state index contributed by atoms with van der Waals surface area (Å²) in [5.74, 6) is -0.673. The molecule has 0 bridgehead atoms. The maximum absolute atomic E-state index is 11.8. The average molecular weight is 675 g/mol. The van der Waals surface area contributed by atoms with E-state index < -0.39 is 28.5 Å². The van der Waals surface area contributed by atoms with Crippen LogP contribution in [0.2, 0.25) is 10.0 Å². The number of halogens is 2. The topological polar surface area (TPSA) is 179 Å². The second-order valence-electron chi connectivity index (χ2n) is 9.95. The van der Waals surface area contributed by atoms with Gasteiger partial charge >= 0.3 is 5.97 Å². The van der Waals surface area contributed by atoms with Gasteiger partial charge in [-0.2, -0.15) is 0 Å². The fraction of sp³-hybridized carbons (Fsp3) is 0.194. The van der Waals surface area contributed by atoms with Crippen LogP contribution >= 0.6 is 23.2 Å². The van der Waals surface area contributed by atoms with Crippen molar-refractivity contribution < 1.29 is 38.1 Å². The van der Waals surface area contributed by atoms with Gasteiger partial charge < -0.3 is 24.9 Å². The van der Waals surface area contributed by atoms with E-state index >= 15 is 0 Å². The maximum Gasteiger partial charge on any atom is 0.323 e. The number of nitrogens with one attached hydrogen (secondary N) is 2. The number of benzene rings is 3. The minimum Gasteiger partial charge on any atom is -0.488 e. The Kier molecular flexibility index (Phi) is 11.0. The summed E-state index contributed by atoms with van der Waals surface area (Å²) >= 11 is 13.3. The van der Waals surface area contributed by atoms with Gasteiger partial charge in [-0.25, -0.2) is 8.42 Å². The SMILES string of the molecule is CS(=O)(=O)c1ccc(-c2cccc(COc3cc(OCC4=CC(=N)/C(=N\O)C=C4)c(CNC(CO)C(=O)O)cc3Cl)c2Cl)cc1. The smallest absolute Gasteiger partial charge is 0.323 e. The molecule has 0 aromatic heterocycles. The molecule has 14 heteroatoms. The predicted octanol–water partition coefficient (Wildman–Crippen LogP) is 4.90. The fourth-order valence-corrected chi connectivity index (χ4v) is 5.46. The number of aliphatic hydroxyl groups is 1. The first-order chi connectivity index (χ1) is 21.4. The minimum absolute atomic E-state index is 0.00156. The van der Waals surface area contributed by atoms with E-state index in [1.807, 2.05) is 6.07 Å². The predicted molar refractivity (Wildman–Crippen MR) is 171 cm³/mol. The van der Waals surface area contributed by atoms with E-state index in [9.17, 15) is 23.4 Å². The van der Waals surface area contributed by atoms with Gasteiger partial charge in [0, 0.05) is 35.6 Å². The Morgan fingerprint density at radius 2 is 1.73 bits per heavy atom. The van der Waals surface area contributed by atoms with Gasteiger partial charge in [0.25, 0.3) is 0 Å². The van der Waals surface area contributed by atoms with Crippen molar-refractivity contribution in [2.75, 3.05) is 19.5 Å². The summed E-state index contributed by atoms with van der Waals surface area (Å²) in [6.45, 7) is -0.605. The van der Waals surface area contributed by atoms with Gasteiger partial charge in [0.15, 0.2) is 9.84 Å². The Balaban J connectivity index is 1.57. The van der Waals surface area contributed by atoms with E-state index in [2.05, 4.69) is 10.5 Å². The molecule has 3 aromatic rings. The van der Waals surface area contributed by atoms with Crippen molar-refractivity contribution in [1.29, 1.82) is 5.41 Å². The molecule has 0 radical (unpaired) electrons. The molecule has 0 heterocycles. The monoisotopic (exact) mass is 673 g/mol. The maximum atomic E-state index is 11.8. The van der Waals surface area contributed by atoms with Crippen molar-refractivity contribution in [3.05, 3.63) is 99.6 Å². The summed E-state index contributed by atoms with van der Waals surface area (Å²) in [5, 5.41) is 42.1. The lowest BCUT2D eigenvalue weighted by Gasteiger charge is -2.19. The molecule has 0 saturated carbocycles. The van der Waals surface area contributed by atoms with Crippen molar-refractivity contribution in [2.45, 2.75) is 24.1 Å². The van der Waals surface area contributed by atoms with E-state index in [1.165, 1.54) is 24.3 Å². The zero-order chi connectivity index (χ0) is 32.7. The largest absolute Gasteiger partial charge is 0.488 e. The Bertz CT molecular complexity index is 1810. The third-order valence-electron chi connectivity index (χ3n) is 6.75. The van der Waals surface area contributed by atoms with Gasteiger partial charge in [-0.05, 0) is 41.5 Å². The van der Waals surface area contributed by atoms with Gasteiger partial charge in [0.2, 0.25) is 0 Å². The number of hydrogen-bond donors (Lipinski definition) is 5. The van der Waals surface area contributed by atoms with E-state index in [4.69, 9.17) is 43.3 Å². The highest BCUT2D eigenvalue weighted by Gasteiger charge is 2.19. The minimum atomic E-state index is -3.35. The van der Waals surface area contributed by atoms with Crippen LogP contribution in [0.3, 0.4) is 0 Å². The standard InChI is InChI=1S/C31H29Cl2N3O8S/c1-45(41,42)22-8-6-19(7-9-22)23-4-2-3-20(30(23)33)17-44-29-13-28(43-16-18-5-10-26(36-40)25(34)11-18)21(12-24(29)32)14-35-27(15-37)31(38)39/h2-13,27,34-35,37,40H,14-17H2,1H3,(H,38,39)/b34-25?,36-26-. The molecule has 0 fully saturated rings. The fourth-order valence-electron chi connectivity index (χ4n) is 4.29. The quantitative estimate of drug-likeness (QED) is 0.0958. The molecule has 0 saturated heterocycles. The normalized spacial score (nSPS) is 14.7. The molecular formula is C31H29Cl2N3O8S. The average Bonchev–Trinajstić information content (AvgIpc) is 3.00. The van der Waals surface area contributed by atoms with Crippen LogP contribution in [0.4, 0.5) is 0 Å². The lowest BCUT2D eigenvalue weighted by Crippen LogP contribution is -2.39. The van der Waals surface area contributed by atoms with Crippen LogP contribution in [0.1, 0.15) is 11.1 Å². The zero-order valence-electron chi connectivity index (χ0n) is 23.8. The van der Waals surface area contributed by atoms with Gasteiger partial charge in [-0.1, -0.05) is 64.8 Å². The lowest BCUT2D eigenvalue weighted by atomic mass is 10.0. The third-order valence-corrected chi connectivity index (χ3v) is 8.62. The first-order valence-electron chi connectivity index (χ1n) is 13.3. The highest BCUT2D eigenvalue weighted by Crippen LogP contribution is 2.36. The third kappa shape index (κ3) is 8.50. The summed E-state index contributed by atoms with van der Waals surface area (Å²) in [6.07, 6.45) is 5.72. The Morgan fingerprint density at radius 1 is 1.02 bits per heavy atom. The number of sulfone groups is 1. The number of oxime groups is 1. The van der Waals surface area contributed by atoms with Crippen molar-refractivity contribution in [3.63, 3.8) is 0 Å². The summed E-state index contributed by atoms with van der Waals surface area (Å²) in [4.78, 5) is 11.6. The van der Waals surface area contributed by atoms with Gasteiger partial charge in [-0.3, -0.25) is 15.5 Å². The van der Waals surface area contributed by atoms with Crippen molar-refractivity contribution in [3.8, 4) is 22.6 Å². The Morgan fingerprint density at radius 3 is 2.36 bits per heavy atom. The molecule has 11 nitrogen and oxygen atoms in total. The van der Waals surface area contributed by atoms with Gasteiger partial charge in [0.05, 0.1) is 27.3 Å². The number of rotatable bonds is 13. The first-order valence-corrected chi connectivity index (χ1v) is 16.0. The highest BCUT2D eigenvalue weighted by atomic mass is 35.5. The molecule has 1 aliphatic rings. The Labute approximate surface area is 269 Å². The zero-order valence-corrected chi connectivity index (χ0v) is 26.2. The van der Waals surface area contributed by atoms with E-state index in [1.54, 1.807) is 42.5 Å². The van der Waals surface area contributed by atoms with Gasteiger partial charge in [0.1, 0.15) is 36.5 Å². The summed E-state index contributed by atoms with van der Waals surface area (Å²) in [7, 11) is -3.35. The molecule has 1 atom stereocenters. The second-order valence-corrected chi connectivity index (χ2v) is 12.7. The molecule has 1 unspecified atom stereocenters. The van der Waals surface area contributed by atoms with Crippen LogP contribution in [0, 0.1) is 5.41 Å². The van der Waals surface area contributed by atoms with E-state index in [-0.39, 0.29) is 46.8 Å². The van der Waals surface area contributed by atoms with E-state index in [0.29, 0.717) is 33.0 Å². The molecular weight excluding hydrogens is 645 g/mol. The number of hydrogen-bond acceptors (Lipinski definition) is 10. The first kappa shape index (κ1) is 33.7. The summed E-state index contributed by atoms with van der Waals surface area (Å²) in [6, 6.07) is 13.7. The van der Waals surface area contributed by atoms with Crippen molar-refractivity contribution in [1.82, 2.24) is 5.32 Å². The summed E-state index contributed by atoms with van der Waals surface area (Å²) < 4.78 is 35.7. The molecule has 236 valence electrons. The molecule has 5 N–H and O–H groups in total. The Hall–Kier alpha value is -4.20. The number of aliphatic hydroxyl groups excluding tert-OH is 1. The number of nitrogens with zero attached hydrogens (tertiary/aromatic N) is 1. The van der Waals surface area contributed by atoms with Crippen LogP contribution in [-0.4, -0.2) is 66.7 Å². The van der Waals surface area contributed by atoms with Crippen LogP contribution < -0.4 is 14.8 Å². The van der Waals surface area contributed by atoms with Crippen LogP contribution in [0.25, 0.3) is 11.1 Å².